The molecule has 0 heterocycles. The molecule has 0 aromatic heterocycles. The highest BCUT2D eigenvalue weighted by Crippen LogP contribution is 2.26. The molecule has 2 aromatic rings. The van der Waals surface area contributed by atoms with Gasteiger partial charge in [-0.15, -0.1) is 0 Å². The van der Waals surface area contributed by atoms with E-state index in [1.165, 1.54) is 12.1 Å². The number of carbonyl (C=O) groups is 2. The second-order valence-electron chi connectivity index (χ2n) is 5.12. The van der Waals surface area contributed by atoms with Gasteiger partial charge in [0.05, 0.1) is 21.2 Å². The lowest BCUT2D eigenvalue weighted by Gasteiger charge is -2.09. The molecule has 1 amide bonds. The van der Waals surface area contributed by atoms with Crippen molar-refractivity contribution >= 4 is 40.5 Å². The lowest BCUT2D eigenvalue weighted by atomic mass is 10.1. The minimum Gasteiger partial charge on any atom is -0.452 e. The van der Waals surface area contributed by atoms with E-state index in [9.17, 15) is 19.7 Å². The van der Waals surface area contributed by atoms with E-state index in [1.807, 2.05) is 0 Å². The summed E-state index contributed by atoms with van der Waals surface area (Å²) in [5.41, 5.74) is 0.414. The molecule has 0 bridgehead atoms. The highest BCUT2D eigenvalue weighted by Gasteiger charge is 2.18. The largest absolute Gasteiger partial charge is 0.452 e. The van der Waals surface area contributed by atoms with Crippen LogP contribution in [0, 0.1) is 10.1 Å². The second kappa shape index (κ2) is 8.82. The van der Waals surface area contributed by atoms with Gasteiger partial charge in [0.1, 0.15) is 5.69 Å². The van der Waals surface area contributed by atoms with E-state index < -0.39 is 23.4 Å². The third-order valence-corrected chi connectivity index (χ3v) is 3.61. The fourth-order valence-corrected chi connectivity index (χ4v) is 2.30. The van der Waals surface area contributed by atoms with Gasteiger partial charge in [-0.05, 0) is 31.2 Å². The molecule has 0 unspecified atom stereocenters. The molecule has 9 heteroatoms. The Kier molecular flexibility index (Phi) is 6.51. The zero-order valence-corrected chi connectivity index (χ0v) is 14.6. The summed E-state index contributed by atoms with van der Waals surface area (Å²) in [6.07, 6.45) is 0. The molecule has 0 saturated heterocycles. The third kappa shape index (κ3) is 4.93. The Morgan fingerprint density at radius 1 is 1.19 bits per heavy atom. The van der Waals surface area contributed by atoms with Crippen molar-refractivity contribution in [3.05, 3.63) is 63.2 Å². The van der Waals surface area contributed by atoms with Crippen molar-refractivity contribution in [2.75, 3.05) is 23.8 Å². The number of nitro benzene ring substituents is 1. The number of ether oxygens (including phenoxy) is 1. The van der Waals surface area contributed by atoms with Crippen molar-refractivity contribution in [2.24, 2.45) is 0 Å². The molecule has 2 rings (SSSR count). The van der Waals surface area contributed by atoms with Gasteiger partial charge in [0.15, 0.2) is 6.61 Å². The van der Waals surface area contributed by atoms with Gasteiger partial charge in [0.2, 0.25) is 0 Å². The maximum atomic E-state index is 12.0. The van der Waals surface area contributed by atoms with Crippen LogP contribution in [0.1, 0.15) is 17.3 Å². The van der Waals surface area contributed by atoms with Gasteiger partial charge in [-0.1, -0.05) is 23.7 Å². The van der Waals surface area contributed by atoms with Crippen LogP contribution < -0.4 is 10.6 Å². The molecule has 0 radical (unpaired) electrons. The minimum absolute atomic E-state index is 0.0242. The minimum atomic E-state index is -0.842. The van der Waals surface area contributed by atoms with Crippen LogP contribution >= 0.6 is 11.6 Å². The number of amides is 1. The maximum Gasteiger partial charge on any atom is 0.338 e. The zero-order chi connectivity index (χ0) is 19.1. The van der Waals surface area contributed by atoms with Gasteiger partial charge >= 0.3 is 5.97 Å². The van der Waals surface area contributed by atoms with Crippen molar-refractivity contribution in [1.29, 1.82) is 0 Å². The first-order chi connectivity index (χ1) is 12.4. The smallest absolute Gasteiger partial charge is 0.338 e. The van der Waals surface area contributed by atoms with E-state index in [2.05, 4.69) is 10.6 Å². The number of para-hydroxylation sites is 1. The fraction of sp³-hybridized carbons (Fsp3) is 0.176. The Bertz CT molecular complexity index is 841. The van der Waals surface area contributed by atoms with Crippen molar-refractivity contribution < 1.29 is 19.2 Å². The molecule has 0 aliphatic carbocycles. The number of carbonyl (C=O) groups excluding carboxylic acids is 2. The first-order valence-electron chi connectivity index (χ1n) is 7.66. The van der Waals surface area contributed by atoms with Crippen LogP contribution in [0.5, 0.6) is 0 Å². The van der Waals surface area contributed by atoms with E-state index >= 15 is 0 Å². The molecule has 0 aliphatic rings. The Morgan fingerprint density at radius 2 is 1.92 bits per heavy atom. The first kappa shape index (κ1) is 19.2. The van der Waals surface area contributed by atoms with Crippen molar-refractivity contribution in [3.63, 3.8) is 0 Å². The number of halogens is 1. The Balaban J connectivity index is 2.01. The standard InChI is InChI=1S/C17H16ClN3O5/c1-2-19-14-8-7-11(9-15(14)21(24)25)17(23)26-10-16(22)20-13-6-4-3-5-12(13)18/h3-9,19H,2,10H2,1H3,(H,20,22). The lowest BCUT2D eigenvalue weighted by Crippen LogP contribution is -2.21. The SMILES string of the molecule is CCNc1ccc(C(=O)OCC(=O)Nc2ccccc2Cl)cc1[N+](=O)[O-]. The third-order valence-electron chi connectivity index (χ3n) is 3.28. The molecular weight excluding hydrogens is 362 g/mol. The van der Waals surface area contributed by atoms with Crippen molar-refractivity contribution in [1.82, 2.24) is 0 Å². The van der Waals surface area contributed by atoms with Crippen LogP contribution in [-0.4, -0.2) is 30.0 Å². The number of nitro groups is 1. The zero-order valence-electron chi connectivity index (χ0n) is 13.8. The highest BCUT2D eigenvalue weighted by molar-refractivity contribution is 6.33. The molecule has 26 heavy (non-hydrogen) atoms. The number of hydrogen-bond acceptors (Lipinski definition) is 6. The quantitative estimate of drug-likeness (QED) is 0.434. The predicted octanol–water partition coefficient (Wildman–Crippen LogP) is 3.48. The highest BCUT2D eigenvalue weighted by atomic mass is 35.5. The van der Waals surface area contributed by atoms with E-state index in [0.29, 0.717) is 22.9 Å². The summed E-state index contributed by atoms with van der Waals surface area (Å²) in [7, 11) is 0. The average molecular weight is 378 g/mol. The van der Waals surface area contributed by atoms with Crippen LogP contribution in [0.15, 0.2) is 42.5 Å². The molecule has 0 atom stereocenters. The number of nitrogens with one attached hydrogen (secondary N) is 2. The van der Waals surface area contributed by atoms with E-state index in [4.69, 9.17) is 16.3 Å². The van der Waals surface area contributed by atoms with Crippen LogP contribution in [0.4, 0.5) is 17.1 Å². The molecule has 0 fully saturated rings. The van der Waals surface area contributed by atoms with Gasteiger partial charge in [-0.2, -0.15) is 0 Å². The summed E-state index contributed by atoms with van der Waals surface area (Å²) < 4.78 is 4.90. The molecule has 8 nitrogen and oxygen atoms in total. The van der Waals surface area contributed by atoms with E-state index in [-0.39, 0.29) is 11.3 Å². The summed E-state index contributed by atoms with van der Waals surface area (Å²) in [6.45, 7) is 1.74. The van der Waals surface area contributed by atoms with Gasteiger partial charge in [-0.25, -0.2) is 4.79 Å². The van der Waals surface area contributed by atoms with E-state index in [0.717, 1.165) is 6.07 Å². The first-order valence-corrected chi connectivity index (χ1v) is 8.04. The fourth-order valence-electron chi connectivity index (χ4n) is 2.11. The van der Waals surface area contributed by atoms with Gasteiger partial charge in [-0.3, -0.25) is 14.9 Å². The normalized spacial score (nSPS) is 10.1. The van der Waals surface area contributed by atoms with Crippen LogP contribution in [0.3, 0.4) is 0 Å². The molecule has 0 saturated carbocycles. The number of hydrogen-bond donors (Lipinski definition) is 2. The number of anilines is 2. The molecule has 2 aromatic carbocycles. The maximum absolute atomic E-state index is 12.0. The van der Waals surface area contributed by atoms with Gasteiger partial charge < -0.3 is 15.4 Å². The predicted molar refractivity (Wildman–Crippen MR) is 97.6 cm³/mol. The summed E-state index contributed by atoms with van der Waals surface area (Å²) in [6, 6.07) is 10.5. The number of nitrogens with zero attached hydrogens (tertiary/aromatic N) is 1. The van der Waals surface area contributed by atoms with Crippen LogP contribution in [0.2, 0.25) is 5.02 Å². The Labute approximate surface area is 154 Å². The number of rotatable bonds is 7. The van der Waals surface area contributed by atoms with E-state index in [1.54, 1.807) is 31.2 Å². The van der Waals surface area contributed by atoms with Crippen molar-refractivity contribution in [3.8, 4) is 0 Å². The summed E-state index contributed by atoms with van der Waals surface area (Å²) in [4.78, 5) is 34.4. The topological polar surface area (TPSA) is 111 Å². The molecule has 0 spiro atoms. The van der Waals surface area contributed by atoms with Gasteiger partial charge in [0, 0.05) is 12.6 Å². The second-order valence-corrected chi connectivity index (χ2v) is 5.53. The van der Waals surface area contributed by atoms with Crippen LogP contribution in [-0.2, 0) is 9.53 Å². The van der Waals surface area contributed by atoms with Crippen molar-refractivity contribution in [2.45, 2.75) is 6.92 Å². The Morgan fingerprint density at radius 3 is 2.58 bits per heavy atom. The van der Waals surface area contributed by atoms with Crippen LogP contribution in [0.25, 0.3) is 0 Å². The average Bonchev–Trinajstić information content (AvgIpc) is 2.62. The lowest BCUT2D eigenvalue weighted by molar-refractivity contribution is -0.384. The summed E-state index contributed by atoms with van der Waals surface area (Å²) in [5, 5.41) is 16.8. The monoisotopic (exact) mass is 377 g/mol. The molecular formula is C17H16ClN3O5. The molecule has 136 valence electrons. The number of esters is 1. The molecule has 2 N–H and O–H groups in total. The number of benzene rings is 2. The van der Waals surface area contributed by atoms with Gasteiger partial charge in [0.25, 0.3) is 11.6 Å². The molecule has 0 aliphatic heterocycles. The Hall–Kier alpha value is -3.13. The summed E-state index contributed by atoms with van der Waals surface area (Å²) in [5.74, 6) is -1.42. The summed E-state index contributed by atoms with van der Waals surface area (Å²) >= 11 is 5.92.